The highest BCUT2D eigenvalue weighted by molar-refractivity contribution is 5.98. The minimum Gasteiger partial charge on any atom is -0.496 e. The number of carbonyl (C=O) groups excluding carboxylic acids is 1. The lowest BCUT2D eigenvalue weighted by Gasteiger charge is -2.12. The maximum Gasteiger partial charge on any atom is 0.307 e. The molecule has 0 radical (unpaired) electrons. The number of amides is 1. The van der Waals surface area contributed by atoms with Crippen LogP contribution < -0.4 is 10.1 Å². The maximum absolute atomic E-state index is 12.1. The Kier molecular flexibility index (Phi) is 4.51. The molecule has 0 heterocycles. The van der Waals surface area contributed by atoms with Crippen molar-refractivity contribution in [3.05, 3.63) is 59.7 Å². The fraction of sp³-hybridized carbons (Fsp3) is 0.263. The predicted molar refractivity (Wildman–Crippen MR) is 90.1 cm³/mol. The van der Waals surface area contributed by atoms with E-state index in [0.717, 1.165) is 16.9 Å². The van der Waals surface area contributed by atoms with Crippen LogP contribution in [-0.2, 0) is 16.0 Å². The van der Waals surface area contributed by atoms with E-state index in [1.54, 1.807) is 13.2 Å². The van der Waals surface area contributed by atoms with E-state index in [1.165, 1.54) is 0 Å². The van der Waals surface area contributed by atoms with Gasteiger partial charge in [-0.2, -0.15) is 0 Å². The molecule has 124 valence electrons. The number of aliphatic carboxylic acids is 1. The lowest BCUT2D eigenvalue weighted by atomic mass is 10.0. The van der Waals surface area contributed by atoms with Crippen molar-refractivity contribution in [3.63, 3.8) is 0 Å². The van der Waals surface area contributed by atoms with Gasteiger partial charge in [0.1, 0.15) is 5.75 Å². The molecule has 1 fully saturated rings. The summed E-state index contributed by atoms with van der Waals surface area (Å²) in [5, 5.41) is 11.7. The zero-order chi connectivity index (χ0) is 17.1. The zero-order valence-corrected chi connectivity index (χ0v) is 13.4. The van der Waals surface area contributed by atoms with Crippen molar-refractivity contribution in [2.75, 3.05) is 12.4 Å². The molecular formula is C19H19NO4. The number of carbonyl (C=O) groups is 2. The van der Waals surface area contributed by atoms with Crippen molar-refractivity contribution in [2.24, 2.45) is 11.8 Å². The van der Waals surface area contributed by atoms with Crippen LogP contribution in [0, 0.1) is 11.8 Å². The molecule has 1 amide bonds. The third kappa shape index (κ3) is 3.56. The number of anilines is 1. The molecule has 2 aromatic rings. The highest BCUT2D eigenvalue weighted by Crippen LogP contribution is 2.39. The van der Waals surface area contributed by atoms with Crippen molar-refractivity contribution >= 4 is 17.6 Å². The van der Waals surface area contributed by atoms with Crippen LogP contribution in [0.4, 0.5) is 5.69 Å². The number of carboxylic acids is 1. The lowest BCUT2D eigenvalue weighted by molar-refractivity contribution is -0.139. The molecule has 2 atom stereocenters. The van der Waals surface area contributed by atoms with Crippen LogP contribution in [0.5, 0.6) is 5.75 Å². The summed E-state index contributed by atoms with van der Waals surface area (Å²) in [5.41, 5.74) is 2.77. The van der Waals surface area contributed by atoms with E-state index in [1.807, 2.05) is 42.5 Å². The normalized spacial score (nSPS) is 18.7. The van der Waals surface area contributed by atoms with Gasteiger partial charge in [-0.3, -0.25) is 9.59 Å². The Balaban J connectivity index is 1.74. The molecule has 5 nitrogen and oxygen atoms in total. The van der Waals surface area contributed by atoms with E-state index >= 15 is 0 Å². The molecular weight excluding hydrogens is 306 g/mol. The summed E-state index contributed by atoms with van der Waals surface area (Å²) in [5.74, 6) is -1.37. The summed E-state index contributed by atoms with van der Waals surface area (Å²) in [4.78, 5) is 23.0. The Morgan fingerprint density at radius 1 is 1.17 bits per heavy atom. The first-order chi connectivity index (χ1) is 11.6. The van der Waals surface area contributed by atoms with Gasteiger partial charge in [-0.15, -0.1) is 0 Å². The van der Waals surface area contributed by atoms with Crippen molar-refractivity contribution < 1.29 is 19.4 Å². The molecule has 2 aromatic carbocycles. The molecule has 2 N–H and O–H groups in total. The number of hydrogen-bond acceptors (Lipinski definition) is 3. The quantitative estimate of drug-likeness (QED) is 0.856. The summed E-state index contributed by atoms with van der Waals surface area (Å²) in [6.45, 7) is 0. The van der Waals surface area contributed by atoms with Gasteiger partial charge in [-0.05, 0) is 30.2 Å². The average molecular weight is 325 g/mol. The van der Waals surface area contributed by atoms with Crippen LogP contribution in [0.1, 0.15) is 17.5 Å². The minimum atomic E-state index is -0.908. The van der Waals surface area contributed by atoms with E-state index in [9.17, 15) is 9.59 Å². The fourth-order valence-corrected chi connectivity index (χ4v) is 2.80. The molecule has 1 aliphatic rings. The Morgan fingerprint density at radius 2 is 1.92 bits per heavy atom. The third-order valence-electron chi connectivity index (χ3n) is 4.23. The highest BCUT2D eigenvalue weighted by Gasteiger charge is 2.48. The third-order valence-corrected chi connectivity index (χ3v) is 4.23. The maximum atomic E-state index is 12.1. The summed E-state index contributed by atoms with van der Waals surface area (Å²) in [6.07, 6.45) is 1.10. The topological polar surface area (TPSA) is 75.6 Å². The number of ether oxygens (including phenoxy) is 1. The van der Waals surface area contributed by atoms with Gasteiger partial charge >= 0.3 is 5.97 Å². The van der Waals surface area contributed by atoms with Crippen LogP contribution in [-0.4, -0.2) is 24.1 Å². The number of benzene rings is 2. The van der Waals surface area contributed by atoms with Crippen molar-refractivity contribution in [1.29, 1.82) is 0 Å². The van der Waals surface area contributed by atoms with Gasteiger partial charge in [0.2, 0.25) is 5.91 Å². The molecule has 3 rings (SSSR count). The SMILES string of the molecule is COc1ccc(NC(=O)C2CC2C(=O)O)cc1Cc1ccccc1. The van der Waals surface area contributed by atoms with E-state index in [-0.39, 0.29) is 5.91 Å². The van der Waals surface area contributed by atoms with E-state index < -0.39 is 17.8 Å². The molecule has 0 spiro atoms. The Hall–Kier alpha value is -2.82. The molecule has 0 saturated heterocycles. The van der Waals surface area contributed by atoms with Crippen molar-refractivity contribution in [1.82, 2.24) is 0 Å². The van der Waals surface area contributed by atoms with Crippen molar-refractivity contribution in [3.8, 4) is 5.75 Å². The van der Waals surface area contributed by atoms with Gasteiger partial charge in [0, 0.05) is 17.7 Å². The summed E-state index contributed by atoms with van der Waals surface area (Å²) in [6, 6.07) is 15.4. The van der Waals surface area contributed by atoms with Crippen LogP contribution in [0.25, 0.3) is 0 Å². The fourth-order valence-electron chi connectivity index (χ4n) is 2.80. The van der Waals surface area contributed by atoms with Gasteiger partial charge in [-0.1, -0.05) is 30.3 Å². The van der Waals surface area contributed by atoms with E-state index in [0.29, 0.717) is 18.5 Å². The molecule has 0 bridgehead atoms. The Morgan fingerprint density at radius 3 is 2.54 bits per heavy atom. The van der Waals surface area contributed by atoms with Crippen LogP contribution in [0.3, 0.4) is 0 Å². The largest absolute Gasteiger partial charge is 0.496 e. The summed E-state index contributed by atoms with van der Waals surface area (Å²) < 4.78 is 5.40. The first-order valence-corrected chi connectivity index (χ1v) is 7.83. The van der Waals surface area contributed by atoms with Crippen molar-refractivity contribution in [2.45, 2.75) is 12.8 Å². The highest BCUT2D eigenvalue weighted by atomic mass is 16.5. The molecule has 24 heavy (non-hydrogen) atoms. The Bertz CT molecular complexity index is 757. The minimum absolute atomic E-state index is 0.238. The van der Waals surface area contributed by atoms with Crippen LogP contribution in [0.2, 0.25) is 0 Å². The number of nitrogens with one attached hydrogen (secondary N) is 1. The second-order valence-electron chi connectivity index (χ2n) is 5.97. The molecule has 1 saturated carbocycles. The molecule has 1 aliphatic carbocycles. The number of hydrogen-bond donors (Lipinski definition) is 2. The first-order valence-electron chi connectivity index (χ1n) is 7.83. The summed E-state index contributed by atoms with van der Waals surface area (Å²) >= 11 is 0. The standard InChI is InChI=1S/C19H19NO4/c1-24-17-8-7-14(20-18(21)15-11-16(15)19(22)23)10-13(17)9-12-5-3-2-4-6-12/h2-8,10,15-16H,9,11H2,1H3,(H,20,21)(H,22,23). The van der Waals surface area contributed by atoms with Gasteiger partial charge in [0.05, 0.1) is 18.9 Å². The second kappa shape index (κ2) is 6.74. The molecule has 0 aliphatic heterocycles. The summed E-state index contributed by atoms with van der Waals surface area (Å²) in [7, 11) is 1.61. The molecule has 0 aromatic heterocycles. The zero-order valence-electron chi connectivity index (χ0n) is 13.4. The number of methoxy groups -OCH3 is 1. The van der Waals surface area contributed by atoms with Crippen LogP contribution >= 0.6 is 0 Å². The molecule has 5 heteroatoms. The van der Waals surface area contributed by atoms with E-state index in [4.69, 9.17) is 9.84 Å². The van der Waals surface area contributed by atoms with Gasteiger partial charge in [0.25, 0.3) is 0 Å². The van der Waals surface area contributed by atoms with E-state index in [2.05, 4.69) is 5.32 Å². The lowest BCUT2D eigenvalue weighted by Crippen LogP contribution is -2.17. The molecule has 2 unspecified atom stereocenters. The first kappa shape index (κ1) is 16.1. The predicted octanol–water partition coefficient (Wildman–Crippen LogP) is 2.95. The number of rotatable bonds is 6. The number of carboxylic acid groups (broad SMARTS) is 1. The monoisotopic (exact) mass is 325 g/mol. The van der Waals surface area contributed by atoms with Crippen LogP contribution in [0.15, 0.2) is 48.5 Å². The van der Waals surface area contributed by atoms with Gasteiger partial charge < -0.3 is 15.2 Å². The smallest absolute Gasteiger partial charge is 0.307 e. The van der Waals surface area contributed by atoms with Gasteiger partial charge in [0.15, 0.2) is 0 Å². The van der Waals surface area contributed by atoms with Gasteiger partial charge in [-0.25, -0.2) is 0 Å². The second-order valence-corrected chi connectivity index (χ2v) is 5.97. The Labute approximate surface area is 140 Å². The average Bonchev–Trinajstić information content (AvgIpc) is 3.37.